The lowest BCUT2D eigenvalue weighted by molar-refractivity contribution is -0.393. The third-order valence-corrected chi connectivity index (χ3v) is 4.13. The SMILES string of the molecule is COC(OC)C(/C=N/Nc1ccc([N+](=O)[O-])cc1[N+](=O)[O-])=N/Nc1ccc([N+](=O)[O-])cc1[N+](=O)[O-]. The molecule has 0 bridgehead atoms. The first-order valence-electron chi connectivity index (χ1n) is 9.13. The summed E-state index contributed by atoms with van der Waals surface area (Å²) in [5, 5.41) is 51.9. The quantitative estimate of drug-likeness (QED) is 0.188. The molecular formula is C17H16N8O10. The topological polar surface area (TPSA) is 240 Å². The van der Waals surface area contributed by atoms with Gasteiger partial charge in [-0.1, -0.05) is 0 Å². The average Bonchev–Trinajstić information content (AvgIpc) is 2.82. The molecule has 0 fully saturated rings. The molecule has 0 aromatic heterocycles. The number of nitro benzene ring substituents is 4. The van der Waals surface area contributed by atoms with Crippen LogP contribution in [0.5, 0.6) is 0 Å². The molecule has 184 valence electrons. The van der Waals surface area contributed by atoms with Gasteiger partial charge in [0.25, 0.3) is 11.4 Å². The van der Waals surface area contributed by atoms with Crippen molar-refractivity contribution in [3.63, 3.8) is 0 Å². The first-order valence-corrected chi connectivity index (χ1v) is 9.13. The van der Waals surface area contributed by atoms with E-state index in [9.17, 15) is 40.5 Å². The molecule has 35 heavy (non-hydrogen) atoms. The molecule has 2 aromatic carbocycles. The number of rotatable bonds is 12. The van der Waals surface area contributed by atoms with Crippen LogP contribution >= 0.6 is 0 Å². The summed E-state index contributed by atoms with van der Waals surface area (Å²) in [6.45, 7) is 0. The molecule has 0 aliphatic heterocycles. The molecule has 0 heterocycles. The summed E-state index contributed by atoms with van der Waals surface area (Å²) in [5.74, 6) is 0. The van der Waals surface area contributed by atoms with Crippen molar-refractivity contribution in [1.82, 2.24) is 0 Å². The minimum absolute atomic E-state index is 0.111. The molecule has 18 nitrogen and oxygen atoms in total. The summed E-state index contributed by atoms with van der Waals surface area (Å²) in [6.07, 6.45) is -0.149. The Bertz CT molecular complexity index is 1210. The van der Waals surface area contributed by atoms with Gasteiger partial charge in [0.1, 0.15) is 17.1 Å². The molecule has 2 aromatic rings. The number of hydrogen-bond donors (Lipinski definition) is 2. The number of hydrazone groups is 2. The Labute approximate surface area is 194 Å². The molecule has 0 aliphatic carbocycles. The Morgan fingerprint density at radius 2 is 1.26 bits per heavy atom. The number of nitrogens with zero attached hydrogens (tertiary/aromatic N) is 6. The number of non-ortho nitro benzene ring substituents is 2. The maximum atomic E-state index is 11.3. The highest BCUT2D eigenvalue weighted by molar-refractivity contribution is 6.32. The van der Waals surface area contributed by atoms with Crippen LogP contribution in [-0.4, -0.2) is 52.1 Å². The molecule has 2 N–H and O–H groups in total. The van der Waals surface area contributed by atoms with E-state index in [0.717, 1.165) is 42.6 Å². The largest absolute Gasteiger partial charge is 0.350 e. The lowest BCUT2D eigenvalue weighted by Gasteiger charge is -2.13. The fraction of sp³-hybridized carbons (Fsp3) is 0.176. The molecule has 2 rings (SSSR count). The molecule has 0 spiro atoms. The highest BCUT2D eigenvalue weighted by Crippen LogP contribution is 2.30. The van der Waals surface area contributed by atoms with E-state index in [1.165, 1.54) is 14.2 Å². The zero-order valence-electron chi connectivity index (χ0n) is 17.9. The summed E-state index contributed by atoms with van der Waals surface area (Å²) in [4.78, 5) is 40.9. The zero-order chi connectivity index (χ0) is 26.1. The normalized spacial score (nSPS) is 11.5. The van der Waals surface area contributed by atoms with Crippen molar-refractivity contribution in [2.24, 2.45) is 10.2 Å². The molecular weight excluding hydrogens is 476 g/mol. The van der Waals surface area contributed by atoms with Crippen molar-refractivity contribution in [1.29, 1.82) is 0 Å². The van der Waals surface area contributed by atoms with Gasteiger partial charge in [0, 0.05) is 26.4 Å². The predicted molar refractivity (Wildman–Crippen MR) is 120 cm³/mol. The highest BCUT2D eigenvalue weighted by Gasteiger charge is 2.21. The van der Waals surface area contributed by atoms with Crippen LogP contribution in [0.1, 0.15) is 0 Å². The summed E-state index contributed by atoms with van der Waals surface area (Å²) in [6, 6.07) is 5.69. The third-order valence-electron chi connectivity index (χ3n) is 4.13. The Morgan fingerprint density at radius 3 is 1.66 bits per heavy atom. The van der Waals surface area contributed by atoms with Gasteiger partial charge in [-0.05, 0) is 12.1 Å². The Kier molecular flexibility index (Phi) is 8.72. The molecule has 0 saturated heterocycles. The molecule has 0 atom stereocenters. The Hall–Kier alpha value is -5.10. The van der Waals surface area contributed by atoms with Gasteiger partial charge in [0.2, 0.25) is 6.29 Å². The van der Waals surface area contributed by atoms with Crippen LogP contribution in [-0.2, 0) is 9.47 Å². The minimum Gasteiger partial charge on any atom is -0.350 e. The number of methoxy groups -OCH3 is 2. The van der Waals surface area contributed by atoms with Crippen LogP contribution in [0.2, 0.25) is 0 Å². The van der Waals surface area contributed by atoms with E-state index >= 15 is 0 Å². The molecule has 0 aliphatic rings. The minimum atomic E-state index is -1.16. The standard InChI is InChI=1S/C17H16N8O10/c1-34-17(35-2)14(21-20-13-6-4-11(23(28)29)8-16(13)25(32)33)9-18-19-12-5-3-10(22(26)27)7-15(12)24(30)31/h3-9,17,19-20H,1-2H3/b18-9+,21-14+. The van der Waals surface area contributed by atoms with Crippen LogP contribution in [0, 0.1) is 40.5 Å². The monoisotopic (exact) mass is 492 g/mol. The molecule has 0 amide bonds. The fourth-order valence-electron chi connectivity index (χ4n) is 2.53. The van der Waals surface area contributed by atoms with E-state index in [1.54, 1.807) is 0 Å². The lowest BCUT2D eigenvalue weighted by Crippen LogP contribution is -2.27. The summed E-state index contributed by atoms with van der Waals surface area (Å²) in [7, 11) is 2.50. The summed E-state index contributed by atoms with van der Waals surface area (Å²) in [5.41, 5.74) is 1.97. The van der Waals surface area contributed by atoms with Crippen LogP contribution in [0.25, 0.3) is 0 Å². The maximum Gasteiger partial charge on any atom is 0.301 e. The van der Waals surface area contributed by atoms with Gasteiger partial charge in [0.05, 0.1) is 38.0 Å². The van der Waals surface area contributed by atoms with Crippen molar-refractivity contribution in [3.05, 3.63) is 76.9 Å². The summed E-state index contributed by atoms with van der Waals surface area (Å²) < 4.78 is 10.1. The van der Waals surface area contributed by atoms with E-state index in [0.29, 0.717) is 0 Å². The van der Waals surface area contributed by atoms with E-state index in [4.69, 9.17) is 9.47 Å². The van der Waals surface area contributed by atoms with Gasteiger partial charge < -0.3 is 9.47 Å². The number of ether oxygens (including phenoxy) is 2. The molecule has 0 radical (unpaired) electrons. The molecule has 18 heteroatoms. The number of nitrogens with one attached hydrogen (secondary N) is 2. The first kappa shape index (κ1) is 26.2. The van der Waals surface area contributed by atoms with Crippen molar-refractivity contribution < 1.29 is 29.2 Å². The Balaban J connectivity index is 2.36. The maximum absolute atomic E-state index is 11.3. The second kappa shape index (κ2) is 11.7. The highest BCUT2D eigenvalue weighted by atomic mass is 16.7. The second-order valence-electron chi connectivity index (χ2n) is 6.25. The lowest BCUT2D eigenvalue weighted by atomic mass is 10.2. The van der Waals surface area contributed by atoms with Crippen molar-refractivity contribution >= 4 is 46.1 Å². The van der Waals surface area contributed by atoms with Gasteiger partial charge in [-0.15, -0.1) is 0 Å². The number of nitro groups is 4. The van der Waals surface area contributed by atoms with Crippen LogP contribution < -0.4 is 10.9 Å². The average molecular weight is 492 g/mol. The van der Waals surface area contributed by atoms with Gasteiger partial charge in [-0.25, -0.2) is 0 Å². The second-order valence-corrected chi connectivity index (χ2v) is 6.25. The van der Waals surface area contributed by atoms with Crippen LogP contribution in [0.15, 0.2) is 46.6 Å². The van der Waals surface area contributed by atoms with Gasteiger partial charge in [0.15, 0.2) is 0 Å². The Morgan fingerprint density at radius 1 is 0.800 bits per heavy atom. The van der Waals surface area contributed by atoms with E-state index in [-0.39, 0.29) is 17.1 Å². The van der Waals surface area contributed by atoms with Gasteiger partial charge in [-0.2, -0.15) is 10.2 Å². The summed E-state index contributed by atoms with van der Waals surface area (Å²) >= 11 is 0. The van der Waals surface area contributed by atoms with Crippen molar-refractivity contribution in [2.45, 2.75) is 6.29 Å². The van der Waals surface area contributed by atoms with E-state index in [2.05, 4.69) is 21.1 Å². The van der Waals surface area contributed by atoms with Gasteiger partial charge in [-0.3, -0.25) is 51.3 Å². The third kappa shape index (κ3) is 6.69. The van der Waals surface area contributed by atoms with Crippen LogP contribution in [0.3, 0.4) is 0 Å². The van der Waals surface area contributed by atoms with Crippen molar-refractivity contribution in [3.8, 4) is 0 Å². The van der Waals surface area contributed by atoms with E-state index in [1.807, 2.05) is 0 Å². The number of anilines is 2. The van der Waals surface area contributed by atoms with Crippen LogP contribution in [0.4, 0.5) is 34.1 Å². The number of hydrogen-bond acceptors (Lipinski definition) is 14. The number of benzene rings is 2. The smallest absolute Gasteiger partial charge is 0.301 e. The van der Waals surface area contributed by atoms with Crippen molar-refractivity contribution in [2.75, 3.05) is 25.1 Å². The molecule has 0 unspecified atom stereocenters. The fourth-order valence-corrected chi connectivity index (χ4v) is 2.53. The van der Waals surface area contributed by atoms with E-state index < -0.39 is 48.7 Å². The predicted octanol–water partition coefficient (Wildman–Crippen LogP) is 2.80. The first-order chi connectivity index (χ1) is 16.6. The zero-order valence-corrected chi connectivity index (χ0v) is 17.9. The molecule has 0 saturated carbocycles. The van der Waals surface area contributed by atoms with Gasteiger partial charge >= 0.3 is 11.4 Å².